The monoisotopic (exact) mass is 492 g/mol. The van der Waals surface area contributed by atoms with Crippen LogP contribution < -0.4 is 15.0 Å². The van der Waals surface area contributed by atoms with E-state index in [1.807, 2.05) is 30.3 Å². The fraction of sp³-hybridized carbons (Fsp3) is 0.280. The number of anilines is 2. The highest BCUT2D eigenvalue weighted by Gasteiger charge is 2.23. The van der Waals surface area contributed by atoms with Crippen LogP contribution in [0.25, 0.3) is 10.2 Å². The van der Waals surface area contributed by atoms with E-state index in [1.54, 1.807) is 12.1 Å². The number of rotatable bonds is 6. The second-order valence-corrected chi connectivity index (χ2v) is 9.40. The summed E-state index contributed by atoms with van der Waals surface area (Å²) in [6.07, 6.45) is 1.50. The molecule has 1 aliphatic heterocycles. The van der Waals surface area contributed by atoms with Crippen LogP contribution in [0.4, 0.5) is 15.3 Å². The number of para-hydroxylation sites is 1. The van der Waals surface area contributed by atoms with Crippen LogP contribution in [0, 0.1) is 5.82 Å². The summed E-state index contributed by atoms with van der Waals surface area (Å²) in [6.45, 7) is 6.81. The largest absolute Gasteiger partial charge is 0.437 e. The van der Waals surface area contributed by atoms with Gasteiger partial charge in [-0.2, -0.15) is 0 Å². The zero-order valence-corrected chi connectivity index (χ0v) is 20.3. The van der Waals surface area contributed by atoms with Crippen LogP contribution in [0.15, 0.2) is 54.9 Å². The first-order valence-electron chi connectivity index (χ1n) is 11.4. The summed E-state index contributed by atoms with van der Waals surface area (Å²) >= 11 is 1.39. The van der Waals surface area contributed by atoms with E-state index in [0.717, 1.165) is 42.3 Å². The number of halogens is 1. The van der Waals surface area contributed by atoms with E-state index >= 15 is 0 Å². The smallest absolute Gasteiger partial charge is 0.224 e. The van der Waals surface area contributed by atoms with Gasteiger partial charge in [0.2, 0.25) is 11.8 Å². The van der Waals surface area contributed by atoms with Crippen molar-refractivity contribution >= 4 is 38.4 Å². The summed E-state index contributed by atoms with van der Waals surface area (Å²) in [5, 5.41) is 3.25. The molecule has 0 unspecified atom stereocenters. The number of amides is 1. The lowest BCUT2D eigenvalue weighted by Crippen LogP contribution is -2.47. The van der Waals surface area contributed by atoms with Gasteiger partial charge in [-0.3, -0.25) is 9.69 Å². The molecule has 1 N–H and O–H groups in total. The Morgan fingerprint density at radius 3 is 2.69 bits per heavy atom. The zero-order chi connectivity index (χ0) is 24.4. The van der Waals surface area contributed by atoms with Crippen molar-refractivity contribution in [3.63, 3.8) is 0 Å². The Hall–Kier alpha value is -3.63. The van der Waals surface area contributed by atoms with Gasteiger partial charge in [0.15, 0.2) is 10.9 Å². The van der Waals surface area contributed by atoms with Crippen LogP contribution in [0.3, 0.4) is 0 Å². The van der Waals surface area contributed by atoms with Gasteiger partial charge in [0, 0.05) is 45.2 Å². The summed E-state index contributed by atoms with van der Waals surface area (Å²) in [5.41, 5.74) is 1.65. The summed E-state index contributed by atoms with van der Waals surface area (Å²) in [6, 6.07) is 14.4. The minimum absolute atomic E-state index is 0.137. The molecule has 0 spiro atoms. The SMILES string of the molecule is CC(=O)Nc1nc2c(Oc3cc(N4CCN([C@@H](C)c5cccc(F)c5)CC4)ncn3)cccc2s1. The molecule has 0 bridgehead atoms. The van der Waals surface area contributed by atoms with Gasteiger partial charge >= 0.3 is 0 Å². The molecule has 4 aromatic rings. The highest BCUT2D eigenvalue weighted by Crippen LogP contribution is 2.35. The predicted molar refractivity (Wildman–Crippen MR) is 135 cm³/mol. The van der Waals surface area contributed by atoms with Gasteiger partial charge in [0.25, 0.3) is 0 Å². The van der Waals surface area contributed by atoms with Crippen LogP contribution in [0.1, 0.15) is 25.5 Å². The number of carbonyl (C=O) groups is 1. The summed E-state index contributed by atoms with van der Waals surface area (Å²) < 4.78 is 20.6. The number of aromatic nitrogens is 3. The maximum atomic E-state index is 13.6. The van der Waals surface area contributed by atoms with Gasteiger partial charge in [-0.05, 0) is 36.8 Å². The summed E-state index contributed by atoms with van der Waals surface area (Å²) in [7, 11) is 0. The average molecular weight is 493 g/mol. The Kier molecular flexibility index (Phi) is 6.56. The minimum atomic E-state index is -0.207. The van der Waals surface area contributed by atoms with E-state index in [4.69, 9.17) is 4.74 Å². The highest BCUT2D eigenvalue weighted by atomic mass is 32.1. The van der Waals surface area contributed by atoms with Crippen molar-refractivity contribution in [1.82, 2.24) is 19.9 Å². The fourth-order valence-electron chi connectivity index (χ4n) is 4.20. The molecule has 10 heteroatoms. The molecule has 35 heavy (non-hydrogen) atoms. The molecule has 8 nitrogen and oxygen atoms in total. The second-order valence-electron chi connectivity index (χ2n) is 8.37. The predicted octanol–water partition coefficient (Wildman–Crippen LogP) is 4.86. The van der Waals surface area contributed by atoms with Crippen molar-refractivity contribution in [3.8, 4) is 11.6 Å². The average Bonchev–Trinajstić information content (AvgIpc) is 3.27. The van der Waals surface area contributed by atoms with Gasteiger partial charge in [-0.1, -0.05) is 29.5 Å². The Morgan fingerprint density at radius 2 is 1.91 bits per heavy atom. The van der Waals surface area contributed by atoms with E-state index < -0.39 is 0 Å². The van der Waals surface area contributed by atoms with Crippen molar-refractivity contribution in [2.45, 2.75) is 19.9 Å². The molecule has 180 valence electrons. The zero-order valence-electron chi connectivity index (χ0n) is 19.4. The third-order valence-corrected chi connectivity index (χ3v) is 6.96. The number of benzene rings is 2. The minimum Gasteiger partial charge on any atom is -0.437 e. The molecule has 1 saturated heterocycles. The van der Waals surface area contributed by atoms with Crippen LogP contribution in [-0.2, 0) is 4.79 Å². The van der Waals surface area contributed by atoms with Crippen LogP contribution in [0.2, 0.25) is 0 Å². The molecular formula is C25H25FN6O2S. The first-order chi connectivity index (χ1) is 17.0. The van der Waals surface area contributed by atoms with Crippen molar-refractivity contribution in [3.05, 3.63) is 66.2 Å². The van der Waals surface area contributed by atoms with Crippen LogP contribution >= 0.6 is 11.3 Å². The molecule has 1 atom stereocenters. The molecular weight excluding hydrogens is 467 g/mol. The Labute approximate surface area is 206 Å². The molecule has 1 fully saturated rings. The number of piperazine rings is 1. The van der Waals surface area contributed by atoms with E-state index in [1.165, 1.54) is 30.7 Å². The molecule has 5 rings (SSSR count). The summed E-state index contributed by atoms with van der Waals surface area (Å²) in [4.78, 5) is 29.2. The maximum Gasteiger partial charge on any atom is 0.224 e. The van der Waals surface area contributed by atoms with Crippen LogP contribution in [-0.4, -0.2) is 51.9 Å². The number of ether oxygens (including phenoxy) is 1. The lowest BCUT2D eigenvalue weighted by atomic mass is 10.1. The number of hydrogen-bond donors (Lipinski definition) is 1. The Morgan fingerprint density at radius 1 is 1.11 bits per heavy atom. The number of carbonyl (C=O) groups excluding carboxylic acids is 1. The molecule has 0 saturated carbocycles. The van der Waals surface area contributed by atoms with E-state index in [0.29, 0.717) is 22.3 Å². The second kappa shape index (κ2) is 9.93. The third-order valence-electron chi connectivity index (χ3n) is 6.02. The highest BCUT2D eigenvalue weighted by molar-refractivity contribution is 7.22. The van der Waals surface area contributed by atoms with Gasteiger partial charge in [-0.15, -0.1) is 0 Å². The normalized spacial score (nSPS) is 15.2. The van der Waals surface area contributed by atoms with E-state index in [2.05, 4.69) is 37.0 Å². The summed E-state index contributed by atoms with van der Waals surface area (Å²) in [5.74, 6) is 1.40. The Balaban J connectivity index is 1.27. The van der Waals surface area contributed by atoms with Gasteiger partial charge in [0.05, 0.1) is 4.70 Å². The fourth-order valence-corrected chi connectivity index (χ4v) is 5.13. The molecule has 1 amide bonds. The topological polar surface area (TPSA) is 83.5 Å². The van der Waals surface area contributed by atoms with Crippen molar-refractivity contribution in [2.75, 3.05) is 36.4 Å². The number of fused-ring (bicyclic) bond motifs is 1. The standard InChI is InChI=1S/C25H25FN6O2S/c1-16(18-5-3-6-19(26)13-18)31-9-11-32(12-10-31)22-14-23(28-15-27-22)34-20-7-4-8-21-24(20)30-25(35-21)29-17(2)33/h3-8,13-16H,9-12H2,1-2H3,(H,29,30,33)/t16-/m0/s1. The number of nitrogens with zero attached hydrogens (tertiary/aromatic N) is 5. The van der Waals surface area contributed by atoms with Crippen molar-refractivity contribution in [2.24, 2.45) is 0 Å². The van der Waals surface area contributed by atoms with Gasteiger partial charge in [0.1, 0.15) is 23.5 Å². The number of hydrogen-bond acceptors (Lipinski definition) is 8. The molecule has 2 aromatic heterocycles. The van der Waals surface area contributed by atoms with E-state index in [-0.39, 0.29) is 17.8 Å². The third kappa shape index (κ3) is 5.23. The van der Waals surface area contributed by atoms with Crippen LogP contribution in [0.5, 0.6) is 11.6 Å². The number of thiazole rings is 1. The lowest BCUT2D eigenvalue weighted by Gasteiger charge is -2.38. The number of nitrogens with one attached hydrogen (secondary N) is 1. The molecule has 2 aromatic carbocycles. The quantitative estimate of drug-likeness (QED) is 0.412. The Bertz CT molecular complexity index is 1350. The van der Waals surface area contributed by atoms with Crippen molar-refractivity contribution < 1.29 is 13.9 Å². The molecule has 0 aliphatic carbocycles. The van der Waals surface area contributed by atoms with Gasteiger partial charge < -0.3 is 15.0 Å². The lowest BCUT2D eigenvalue weighted by molar-refractivity contribution is -0.114. The molecule has 3 heterocycles. The van der Waals surface area contributed by atoms with Gasteiger partial charge in [-0.25, -0.2) is 19.3 Å². The molecule has 0 radical (unpaired) electrons. The maximum absolute atomic E-state index is 13.6. The van der Waals surface area contributed by atoms with E-state index in [9.17, 15) is 9.18 Å². The van der Waals surface area contributed by atoms with Crippen molar-refractivity contribution in [1.29, 1.82) is 0 Å². The molecule has 1 aliphatic rings. The first-order valence-corrected chi connectivity index (χ1v) is 12.2. The first kappa shape index (κ1) is 23.1.